The molecule has 1 aliphatic heterocycles. The van der Waals surface area contributed by atoms with Gasteiger partial charge >= 0.3 is 0 Å². The SMILES string of the molecule is CCCNCC1(CN(C)c2ccc(C)cc2)CCOCC1. The number of nitrogens with zero attached hydrogens (tertiary/aromatic N) is 1. The average molecular weight is 290 g/mol. The van der Waals surface area contributed by atoms with Gasteiger partial charge in [0.05, 0.1) is 0 Å². The van der Waals surface area contributed by atoms with E-state index in [4.69, 9.17) is 4.74 Å². The highest BCUT2D eigenvalue weighted by molar-refractivity contribution is 5.47. The van der Waals surface area contributed by atoms with Crippen LogP contribution >= 0.6 is 0 Å². The summed E-state index contributed by atoms with van der Waals surface area (Å²) in [6.07, 6.45) is 3.50. The predicted molar refractivity (Wildman–Crippen MR) is 90.1 cm³/mol. The first-order chi connectivity index (χ1) is 10.2. The molecule has 1 aromatic rings. The molecule has 0 bridgehead atoms. The molecule has 118 valence electrons. The molecule has 0 spiro atoms. The van der Waals surface area contributed by atoms with Gasteiger partial charge in [0.2, 0.25) is 0 Å². The first kappa shape index (κ1) is 16.3. The lowest BCUT2D eigenvalue weighted by molar-refractivity contribution is 0.0189. The Balaban J connectivity index is 2.01. The van der Waals surface area contributed by atoms with E-state index in [0.29, 0.717) is 5.41 Å². The van der Waals surface area contributed by atoms with E-state index in [-0.39, 0.29) is 0 Å². The monoisotopic (exact) mass is 290 g/mol. The largest absolute Gasteiger partial charge is 0.381 e. The highest BCUT2D eigenvalue weighted by Gasteiger charge is 2.33. The molecule has 3 heteroatoms. The lowest BCUT2D eigenvalue weighted by Gasteiger charge is -2.41. The summed E-state index contributed by atoms with van der Waals surface area (Å²) in [7, 11) is 2.21. The molecule has 1 heterocycles. The molecule has 0 saturated carbocycles. The molecule has 0 radical (unpaired) electrons. The van der Waals surface area contributed by atoms with Crippen molar-refractivity contribution in [3.63, 3.8) is 0 Å². The Labute approximate surface area is 129 Å². The van der Waals surface area contributed by atoms with Crippen LogP contribution in [0.25, 0.3) is 0 Å². The molecule has 1 N–H and O–H groups in total. The average Bonchev–Trinajstić information content (AvgIpc) is 2.49. The van der Waals surface area contributed by atoms with E-state index >= 15 is 0 Å². The second-order valence-electron chi connectivity index (χ2n) is 6.48. The molecule has 0 aromatic heterocycles. The summed E-state index contributed by atoms with van der Waals surface area (Å²) in [4.78, 5) is 2.40. The van der Waals surface area contributed by atoms with Crippen LogP contribution in [0.5, 0.6) is 0 Å². The highest BCUT2D eigenvalue weighted by Crippen LogP contribution is 2.32. The first-order valence-electron chi connectivity index (χ1n) is 8.21. The minimum atomic E-state index is 0.340. The summed E-state index contributed by atoms with van der Waals surface area (Å²) >= 11 is 0. The Kier molecular flexibility index (Phi) is 6.07. The number of anilines is 1. The number of nitrogens with one attached hydrogen (secondary N) is 1. The van der Waals surface area contributed by atoms with Crippen molar-refractivity contribution in [1.82, 2.24) is 5.32 Å². The summed E-state index contributed by atoms with van der Waals surface area (Å²) in [6.45, 7) is 9.46. The zero-order valence-corrected chi connectivity index (χ0v) is 13.8. The third-order valence-corrected chi connectivity index (χ3v) is 4.53. The van der Waals surface area contributed by atoms with Gasteiger partial charge in [-0.05, 0) is 44.9 Å². The molecule has 0 amide bonds. The van der Waals surface area contributed by atoms with Crippen LogP contribution in [-0.4, -0.2) is 39.9 Å². The normalized spacial score (nSPS) is 17.7. The fourth-order valence-corrected chi connectivity index (χ4v) is 3.12. The van der Waals surface area contributed by atoms with E-state index in [9.17, 15) is 0 Å². The molecule has 0 unspecified atom stereocenters. The Hall–Kier alpha value is -1.06. The molecule has 0 aliphatic carbocycles. The van der Waals surface area contributed by atoms with Gasteiger partial charge in [-0.3, -0.25) is 0 Å². The van der Waals surface area contributed by atoms with Crippen molar-refractivity contribution in [3.8, 4) is 0 Å². The number of rotatable bonds is 7. The van der Waals surface area contributed by atoms with Crippen LogP contribution in [0.4, 0.5) is 5.69 Å². The zero-order valence-electron chi connectivity index (χ0n) is 13.8. The minimum Gasteiger partial charge on any atom is -0.381 e. The fraction of sp³-hybridized carbons (Fsp3) is 0.667. The van der Waals surface area contributed by atoms with Gasteiger partial charge in [0, 0.05) is 44.5 Å². The lowest BCUT2D eigenvalue weighted by Crippen LogP contribution is -2.46. The van der Waals surface area contributed by atoms with Gasteiger partial charge < -0.3 is 15.0 Å². The van der Waals surface area contributed by atoms with Crippen LogP contribution < -0.4 is 10.2 Å². The van der Waals surface area contributed by atoms with Crippen molar-refractivity contribution >= 4 is 5.69 Å². The van der Waals surface area contributed by atoms with Crippen molar-refractivity contribution in [2.24, 2.45) is 5.41 Å². The van der Waals surface area contributed by atoms with Gasteiger partial charge in [-0.1, -0.05) is 24.6 Å². The molecular formula is C18H30N2O. The van der Waals surface area contributed by atoms with Crippen LogP contribution in [0.15, 0.2) is 24.3 Å². The molecule has 2 rings (SSSR count). The van der Waals surface area contributed by atoms with Crippen LogP contribution in [0.3, 0.4) is 0 Å². The summed E-state index contributed by atoms with van der Waals surface area (Å²) in [5.74, 6) is 0. The topological polar surface area (TPSA) is 24.5 Å². The zero-order chi connectivity index (χ0) is 15.1. The van der Waals surface area contributed by atoms with Crippen LogP contribution in [0, 0.1) is 12.3 Å². The van der Waals surface area contributed by atoms with Gasteiger partial charge in [-0.15, -0.1) is 0 Å². The number of aryl methyl sites for hydroxylation is 1. The van der Waals surface area contributed by atoms with Crippen molar-refractivity contribution in [3.05, 3.63) is 29.8 Å². The number of hydrogen-bond donors (Lipinski definition) is 1. The fourth-order valence-electron chi connectivity index (χ4n) is 3.12. The van der Waals surface area contributed by atoms with Gasteiger partial charge in [0.25, 0.3) is 0 Å². The smallest absolute Gasteiger partial charge is 0.0472 e. The van der Waals surface area contributed by atoms with E-state index in [1.807, 2.05) is 0 Å². The maximum atomic E-state index is 5.59. The maximum absolute atomic E-state index is 5.59. The molecular weight excluding hydrogens is 260 g/mol. The molecule has 21 heavy (non-hydrogen) atoms. The Morgan fingerprint density at radius 3 is 2.48 bits per heavy atom. The Morgan fingerprint density at radius 1 is 1.19 bits per heavy atom. The van der Waals surface area contributed by atoms with Crippen LogP contribution in [0.2, 0.25) is 0 Å². The maximum Gasteiger partial charge on any atom is 0.0472 e. The summed E-state index contributed by atoms with van der Waals surface area (Å²) < 4.78 is 5.59. The minimum absolute atomic E-state index is 0.340. The van der Waals surface area contributed by atoms with Gasteiger partial charge in [0.1, 0.15) is 0 Å². The second-order valence-corrected chi connectivity index (χ2v) is 6.48. The van der Waals surface area contributed by atoms with Crippen molar-refractivity contribution in [2.75, 3.05) is 44.8 Å². The third-order valence-electron chi connectivity index (χ3n) is 4.53. The van der Waals surface area contributed by atoms with E-state index in [1.165, 1.54) is 17.7 Å². The van der Waals surface area contributed by atoms with E-state index in [2.05, 4.69) is 55.4 Å². The van der Waals surface area contributed by atoms with E-state index < -0.39 is 0 Å². The van der Waals surface area contributed by atoms with Gasteiger partial charge in [-0.25, -0.2) is 0 Å². The standard InChI is InChI=1S/C18H30N2O/c1-4-11-19-14-18(9-12-21-13-10-18)15-20(3)17-7-5-16(2)6-8-17/h5-8,19H,4,9-15H2,1-3H3. The Morgan fingerprint density at radius 2 is 1.86 bits per heavy atom. The summed E-state index contributed by atoms with van der Waals surface area (Å²) in [5.41, 5.74) is 2.96. The lowest BCUT2D eigenvalue weighted by atomic mass is 9.79. The molecule has 0 atom stereocenters. The van der Waals surface area contributed by atoms with Crippen LogP contribution in [0.1, 0.15) is 31.7 Å². The molecule has 3 nitrogen and oxygen atoms in total. The summed E-state index contributed by atoms with van der Waals surface area (Å²) in [5, 5.41) is 3.63. The van der Waals surface area contributed by atoms with Crippen molar-refractivity contribution in [1.29, 1.82) is 0 Å². The van der Waals surface area contributed by atoms with E-state index in [1.54, 1.807) is 0 Å². The first-order valence-corrected chi connectivity index (χ1v) is 8.21. The Bertz CT molecular complexity index is 410. The van der Waals surface area contributed by atoms with E-state index in [0.717, 1.165) is 45.7 Å². The molecule has 1 saturated heterocycles. The van der Waals surface area contributed by atoms with Gasteiger partial charge in [0.15, 0.2) is 0 Å². The van der Waals surface area contributed by atoms with Gasteiger partial charge in [-0.2, -0.15) is 0 Å². The summed E-state index contributed by atoms with van der Waals surface area (Å²) in [6, 6.07) is 8.83. The number of ether oxygens (including phenoxy) is 1. The number of hydrogen-bond acceptors (Lipinski definition) is 3. The quantitative estimate of drug-likeness (QED) is 0.780. The molecule has 1 aromatic carbocycles. The highest BCUT2D eigenvalue weighted by atomic mass is 16.5. The van der Waals surface area contributed by atoms with Crippen molar-refractivity contribution < 1.29 is 4.74 Å². The van der Waals surface area contributed by atoms with Crippen molar-refractivity contribution in [2.45, 2.75) is 33.1 Å². The second kappa shape index (κ2) is 7.81. The number of benzene rings is 1. The molecule has 1 fully saturated rings. The molecule has 1 aliphatic rings. The predicted octanol–water partition coefficient (Wildman–Crippen LogP) is 3.23. The van der Waals surface area contributed by atoms with Crippen LogP contribution in [-0.2, 0) is 4.74 Å². The third kappa shape index (κ3) is 4.72.